The van der Waals surface area contributed by atoms with E-state index >= 15 is 0 Å². The third kappa shape index (κ3) is 4.79. The van der Waals surface area contributed by atoms with Gasteiger partial charge in [0.1, 0.15) is 0 Å². The van der Waals surface area contributed by atoms with Crippen molar-refractivity contribution in [1.82, 2.24) is 5.32 Å². The van der Waals surface area contributed by atoms with Gasteiger partial charge in [-0.1, -0.05) is 12.1 Å². The van der Waals surface area contributed by atoms with E-state index in [9.17, 15) is 4.79 Å². The van der Waals surface area contributed by atoms with Crippen LogP contribution >= 0.6 is 0 Å². The van der Waals surface area contributed by atoms with Crippen molar-refractivity contribution >= 4 is 5.97 Å². The van der Waals surface area contributed by atoms with Crippen molar-refractivity contribution < 1.29 is 19.0 Å². The van der Waals surface area contributed by atoms with Crippen LogP contribution in [0.5, 0.6) is 11.5 Å². The molecule has 0 spiro atoms. The van der Waals surface area contributed by atoms with Crippen LogP contribution in [0.25, 0.3) is 0 Å². The normalized spacial score (nSPS) is 10.1. The SMILES string of the molecule is CCOC(=O)CNCc1cccc(OCC)c1OC. The van der Waals surface area contributed by atoms with Gasteiger partial charge in [0.15, 0.2) is 11.5 Å². The molecule has 0 aliphatic heterocycles. The van der Waals surface area contributed by atoms with E-state index in [1.165, 1.54) is 0 Å². The Labute approximate surface area is 113 Å². The third-order valence-corrected chi connectivity index (χ3v) is 2.45. The first-order chi connectivity index (χ1) is 9.22. The summed E-state index contributed by atoms with van der Waals surface area (Å²) in [6.45, 7) is 5.37. The zero-order chi connectivity index (χ0) is 14.1. The second kappa shape index (κ2) is 8.37. The Kier molecular flexibility index (Phi) is 6.74. The Morgan fingerprint density at radius 3 is 2.68 bits per heavy atom. The molecule has 5 nitrogen and oxygen atoms in total. The summed E-state index contributed by atoms with van der Waals surface area (Å²) in [5.41, 5.74) is 0.942. The first-order valence-electron chi connectivity index (χ1n) is 6.37. The number of hydrogen-bond donors (Lipinski definition) is 1. The molecule has 0 saturated carbocycles. The number of methoxy groups -OCH3 is 1. The molecule has 1 aromatic carbocycles. The Hall–Kier alpha value is -1.75. The largest absolute Gasteiger partial charge is 0.493 e. The maximum absolute atomic E-state index is 11.2. The molecule has 0 aliphatic rings. The summed E-state index contributed by atoms with van der Waals surface area (Å²) in [4.78, 5) is 11.2. The van der Waals surface area contributed by atoms with Crippen molar-refractivity contribution in [2.24, 2.45) is 0 Å². The van der Waals surface area contributed by atoms with Gasteiger partial charge in [0, 0.05) is 12.1 Å². The van der Waals surface area contributed by atoms with E-state index in [1.54, 1.807) is 14.0 Å². The highest BCUT2D eigenvalue weighted by Crippen LogP contribution is 2.30. The highest BCUT2D eigenvalue weighted by Gasteiger charge is 2.10. The minimum atomic E-state index is -0.262. The molecule has 0 fully saturated rings. The molecule has 1 aromatic rings. The van der Waals surface area contributed by atoms with Crippen LogP contribution in [0.15, 0.2) is 18.2 Å². The number of carbonyl (C=O) groups is 1. The summed E-state index contributed by atoms with van der Waals surface area (Å²) >= 11 is 0. The number of rotatable bonds is 8. The van der Waals surface area contributed by atoms with Gasteiger partial charge in [-0.15, -0.1) is 0 Å². The third-order valence-electron chi connectivity index (χ3n) is 2.45. The van der Waals surface area contributed by atoms with Crippen molar-refractivity contribution in [3.05, 3.63) is 23.8 Å². The van der Waals surface area contributed by atoms with Crippen LogP contribution in [0, 0.1) is 0 Å². The number of para-hydroxylation sites is 1. The summed E-state index contributed by atoms with van der Waals surface area (Å²) in [6.07, 6.45) is 0. The molecular weight excluding hydrogens is 246 g/mol. The van der Waals surface area contributed by atoms with E-state index < -0.39 is 0 Å². The van der Waals surface area contributed by atoms with Gasteiger partial charge in [0.25, 0.3) is 0 Å². The number of nitrogens with one attached hydrogen (secondary N) is 1. The van der Waals surface area contributed by atoms with Crippen LogP contribution in [0.4, 0.5) is 0 Å². The monoisotopic (exact) mass is 267 g/mol. The quantitative estimate of drug-likeness (QED) is 0.727. The van der Waals surface area contributed by atoms with E-state index in [1.807, 2.05) is 25.1 Å². The van der Waals surface area contributed by atoms with Gasteiger partial charge in [0.2, 0.25) is 0 Å². The van der Waals surface area contributed by atoms with Gasteiger partial charge in [-0.25, -0.2) is 0 Å². The average Bonchev–Trinajstić information content (AvgIpc) is 2.40. The van der Waals surface area contributed by atoms with Crippen LogP contribution < -0.4 is 14.8 Å². The van der Waals surface area contributed by atoms with Crippen molar-refractivity contribution in [2.45, 2.75) is 20.4 Å². The molecule has 0 bridgehead atoms. The summed E-state index contributed by atoms with van der Waals surface area (Å²) in [5.74, 6) is 1.14. The summed E-state index contributed by atoms with van der Waals surface area (Å²) in [5, 5.41) is 3.02. The molecule has 106 valence electrons. The Morgan fingerprint density at radius 2 is 2.05 bits per heavy atom. The number of ether oxygens (including phenoxy) is 3. The second-order valence-electron chi connectivity index (χ2n) is 3.79. The number of benzene rings is 1. The maximum Gasteiger partial charge on any atom is 0.319 e. The molecule has 1 N–H and O–H groups in total. The first-order valence-corrected chi connectivity index (χ1v) is 6.37. The topological polar surface area (TPSA) is 56.8 Å². The highest BCUT2D eigenvalue weighted by molar-refractivity contribution is 5.71. The zero-order valence-corrected chi connectivity index (χ0v) is 11.7. The minimum absolute atomic E-state index is 0.176. The number of esters is 1. The smallest absolute Gasteiger partial charge is 0.319 e. The summed E-state index contributed by atoms with van der Waals surface area (Å²) < 4.78 is 15.7. The van der Waals surface area contributed by atoms with Crippen molar-refractivity contribution in [3.63, 3.8) is 0 Å². The van der Waals surface area contributed by atoms with Crippen LogP contribution in [-0.4, -0.2) is 32.8 Å². The molecule has 5 heteroatoms. The molecule has 0 heterocycles. The second-order valence-corrected chi connectivity index (χ2v) is 3.79. The Morgan fingerprint density at radius 1 is 1.26 bits per heavy atom. The van der Waals surface area contributed by atoms with Gasteiger partial charge < -0.3 is 19.5 Å². The van der Waals surface area contributed by atoms with Crippen molar-refractivity contribution in [3.8, 4) is 11.5 Å². The molecule has 0 radical (unpaired) electrons. The summed E-state index contributed by atoms with van der Waals surface area (Å²) in [6, 6.07) is 5.69. The fourth-order valence-electron chi connectivity index (χ4n) is 1.71. The zero-order valence-electron chi connectivity index (χ0n) is 11.7. The molecule has 0 amide bonds. The van der Waals surface area contributed by atoms with E-state index in [0.717, 1.165) is 5.56 Å². The lowest BCUT2D eigenvalue weighted by atomic mass is 10.2. The minimum Gasteiger partial charge on any atom is -0.493 e. The summed E-state index contributed by atoms with van der Waals surface area (Å²) in [7, 11) is 1.60. The van der Waals surface area contributed by atoms with Gasteiger partial charge in [-0.05, 0) is 19.9 Å². The fourth-order valence-corrected chi connectivity index (χ4v) is 1.71. The predicted molar refractivity (Wildman–Crippen MR) is 72.5 cm³/mol. The molecule has 0 saturated heterocycles. The predicted octanol–water partition coefficient (Wildman–Crippen LogP) is 1.75. The van der Waals surface area contributed by atoms with E-state index in [-0.39, 0.29) is 12.5 Å². The van der Waals surface area contributed by atoms with Gasteiger partial charge in [-0.3, -0.25) is 4.79 Å². The van der Waals surface area contributed by atoms with E-state index in [4.69, 9.17) is 14.2 Å². The first kappa shape index (κ1) is 15.3. The van der Waals surface area contributed by atoms with Crippen molar-refractivity contribution in [1.29, 1.82) is 0 Å². The van der Waals surface area contributed by atoms with Crippen molar-refractivity contribution in [2.75, 3.05) is 26.9 Å². The van der Waals surface area contributed by atoms with Crippen LogP contribution in [0.2, 0.25) is 0 Å². The molecule has 0 unspecified atom stereocenters. The van der Waals surface area contributed by atoms with Gasteiger partial charge in [0.05, 0.1) is 26.9 Å². The number of hydrogen-bond acceptors (Lipinski definition) is 5. The van der Waals surface area contributed by atoms with Crippen LogP contribution in [0.3, 0.4) is 0 Å². The van der Waals surface area contributed by atoms with Gasteiger partial charge in [-0.2, -0.15) is 0 Å². The molecule has 0 aromatic heterocycles. The molecular formula is C14H21NO4. The number of carbonyl (C=O) groups excluding carboxylic acids is 1. The lowest BCUT2D eigenvalue weighted by Gasteiger charge is -2.14. The van der Waals surface area contributed by atoms with E-state index in [2.05, 4.69) is 5.32 Å². The molecule has 0 atom stereocenters. The Balaban J connectivity index is 2.62. The van der Waals surface area contributed by atoms with Gasteiger partial charge >= 0.3 is 5.97 Å². The standard InChI is InChI=1S/C14H21NO4/c1-4-18-12-8-6-7-11(14(12)17-3)9-15-10-13(16)19-5-2/h6-8,15H,4-5,9-10H2,1-3H3. The fraction of sp³-hybridized carbons (Fsp3) is 0.500. The molecule has 1 rings (SSSR count). The molecule has 19 heavy (non-hydrogen) atoms. The van der Waals surface area contributed by atoms with E-state index in [0.29, 0.717) is 31.3 Å². The highest BCUT2D eigenvalue weighted by atomic mass is 16.5. The Bertz CT molecular complexity index is 406. The van der Waals surface area contributed by atoms with Crippen LogP contribution in [0.1, 0.15) is 19.4 Å². The maximum atomic E-state index is 11.2. The average molecular weight is 267 g/mol. The molecule has 0 aliphatic carbocycles. The lowest BCUT2D eigenvalue weighted by Crippen LogP contribution is -2.24. The van der Waals surface area contributed by atoms with Crippen LogP contribution in [-0.2, 0) is 16.1 Å². The lowest BCUT2D eigenvalue weighted by molar-refractivity contribution is -0.142.